The van der Waals surface area contributed by atoms with Crippen molar-refractivity contribution in [2.45, 2.75) is 39.6 Å². The van der Waals surface area contributed by atoms with Crippen LogP contribution in [-0.2, 0) is 0 Å². The smallest absolute Gasteiger partial charge is 0.406 e. The van der Waals surface area contributed by atoms with Crippen molar-refractivity contribution in [3.05, 3.63) is 24.3 Å². The normalized spacial score (nSPS) is 13.5. The van der Waals surface area contributed by atoms with E-state index in [0.29, 0.717) is 12.0 Å². The van der Waals surface area contributed by atoms with E-state index in [1.165, 1.54) is 12.1 Å². The van der Waals surface area contributed by atoms with Gasteiger partial charge in [0.25, 0.3) is 0 Å². The molecule has 0 heterocycles. The number of benzene rings is 1. The van der Waals surface area contributed by atoms with Gasteiger partial charge < -0.3 is 10.1 Å². The van der Waals surface area contributed by atoms with Crippen LogP contribution in [0.15, 0.2) is 24.3 Å². The van der Waals surface area contributed by atoms with E-state index >= 15 is 0 Å². The predicted octanol–water partition coefficient (Wildman–Crippen LogP) is 4.43. The van der Waals surface area contributed by atoms with Gasteiger partial charge in [-0.05, 0) is 36.6 Å². The van der Waals surface area contributed by atoms with Crippen LogP contribution in [0.1, 0.15) is 27.2 Å². The van der Waals surface area contributed by atoms with Crippen molar-refractivity contribution in [3.8, 4) is 5.75 Å². The third-order valence-corrected chi connectivity index (χ3v) is 2.68. The van der Waals surface area contributed by atoms with Gasteiger partial charge in [-0.2, -0.15) is 0 Å². The second-order valence-electron chi connectivity index (χ2n) is 4.48. The maximum absolute atomic E-state index is 12.0. The fourth-order valence-corrected chi connectivity index (χ4v) is 1.71. The molecular weight excluding hydrogens is 243 g/mol. The van der Waals surface area contributed by atoms with Crippen LogP contribution in [0, 0.1) is 5.92 Å². The molecule has 102 valence electrons. The van der Waals surface area contributed by atoms with E-state index in [0.717, 1.165) is 12.1 Å². The maximum atomic E-state index is 12.0. The van der Waals surface area contributed by atoms with Crippen LogP contribution in [-0.4, -0.2) is 12.4 Å². The lowest BCUT2D eigenvalue weighted by molar-refractivity contribution is -0.274. The highest BCUT2D eigenvalue weighted by Gasteiger charge is 2.30. The molecule has 1 aromatic carbocycles. The lowest BCUT2D eigenvalue weighted by Gasteiger charge is -2.22. The van der Waals surface area contributed by atoms with Crippen LogP contribution >= 0.6 is 0 Å². The maximum Gasteiger partial charge on any atom is 0.573 e. The number of ether oxygens (including phenoxy) is 1. The van der Waals surface area contributed by atoms with Gasteiger partial charge in [0.05, 0.1) is 0 Å². The summed E-state index contributed by atoms with van der Waals surface area (Å²) in [5.41, 5.74) is 0.796. The first-order chi connectivity index (χ1) is 8.31. The number of alkyl halides is 3. The molecule has 0 radical (unpaired) electrons. The molecule has 0 fully saturated rings. The Hall–Kier alpha value is -1.39. The third-order valence-electron chi connectivity index (χ3n) is 2.68. The Morgan fingerprint density at radius 2 is 1.72 bits per heavy atom. The first kappa shape index (κ1) is 14.7. The molecule has 1 atom stereocenters. The molecule has 0 spiro atoms. The lowest BCUT2D eigenvalue weighted by atomic mass is 10.0. The van der Waals surface area contributed by atoms with E-state index in [2.05, 4.69) is 30.8 Å². The Bertz CT molecular complexity index is 359. The summed E-state index contributed by atoms with van der Waals surface area (Å²) in [5, 5.41) is 3.28. The molecule has 0 saturated heterocycles. The second kappa shape index (κ2) is 5.98. The Kier molecular flexibility index (Phi) is 4.87. The number of hydrogen-bond donors (Lipinski definition) is 1. The van der Waals surface area contributed by atoms with E-state index in [-0.39, 0.29) is 5.75 Å². The summed E-state index contributed by atoms with van der Waals surface area (Å²) in [7, 11) is 0. The fourth-order valence-electron chi connectivity index (χ4n) is 1.71. The van der Waals surface area contributed by atoms with Gasteiger partial charge in [-0.3, -0.25) is 0 Å². The molecule has 0 amide bonds. The van der Waals surface area contributed by atoms with Gasteiger partial charge in [0, 0.05) is 11.7 Å². The largest absolute Gasteiger partial charge is 0.573 e. The van der Waals surface area contributed by atoms with Crippen molar-refractivity contribution in [2.75, 3.05) is 5.32 Å². The van der Waals surface area contributed by atoms with Crippen molar-refractivity contribution < 1.29 is 17.9 Å². The average molecular weight is 261 g/mol. The summed E-state index contributed by atoms with van der Waals surface area (Å²) in [4.78, 5) is 0. The first-order valence-corrected chi connectivity index (χ1v) is 5.94. The molecule has 1 aromatic rings. The van der Waals surface area contributed by atoms with Crippen molar-refractivity contribution in [2.24, 2.45) is 5.92 Å². The van der Waals surface area contributed by atoms with Gasteiger partial charge >= 0.3 is 6.36 Å². The molecule has 0 aliphatic carbocycles. The SMILES string of the molecule is CCC(Nc1ccc(OC(F)(F)F)cc1)C(C)C. The van der Waals surface area contributed by atoms with Crippen LogP contribution in [0.4, 0.5) is 18.9 Å². The number of anilines is 1. The van der Waals surface area contributed by atoms with E-state index in [1.54, 1.807) is 12.1 Å². The second-order valence-corrected chi connectivity index (χ2v) is 4.48. The van der Waals surface area contributed by atoms with Crippen LogP contribution < -0.4 is 10.1 Å². The van der Waals surface area contributed by atoms with Gasteiger partial charge in [0.15, 0.2) is 0 Å². The van der Waals surface area contributed by atoms with Gasteiger partial charge in [-0.1, -0.05) is 20.8 Å². The minimum Gasteiger partial charge on any atom is -0.406 e. The number of nitrogens with one attached hydrogen (secondary N) is 1. The van der Waals surface area contributed by atoms with Crippen molar-refractivity contribution in [3.63, 3.8) is 0 Å². The highest BCUT2D eigenvalue weighted by molar-refractivity contribution is 5.47. The Morgan fingerprint density at radius 1 is 1.17 bits per heavy atom. The summed E-state index contributed by atoms with van der Waals surface area (Å²) in [6.45, 7) is 6.27. The molecule has 2 nitrogen and oxygen atoms in total. The summed E-state index contributed by atoms with van der Waals surface area (Å²) in [6.07, 6.45) is -3.68. The molecule has 18 heavy (non-hydrogen) atoms. The third kappa shape index (κ3) is 4.85. The molecule has 5 heteroatoms. The van der Waals surface area contributed by atoms with Gasteiger partial charge in [0.1, 0.15) is 5.75 Å². The number of rotatable bonds is 5. The topological polar surface area (TPSA) is 21.3 Å². The summed E-state index contributed by atoms with van der Waals surface area (Å²) >= 11 is 0. The number of hydrogen-bond acceptors (Lipinski definition) is 2. The molecule has 0 aliphatic rings. The minimum atomic E-state index is -4.64. The van der Waals surface area contributed by atoms with Crippen LogP contribution in [0.2, 0.25) is 0 Å². The van der Waals surface area contributed by atoms with Gasteiger partial charge in [0.2, 0.25) is 0 Å². The molecule has 0 bridgehead atoms. The number of halogens is 3. The van der Waals surface area contributed by atoms with Gasteiger partial charge in [-0.25, -0.2) is 0 Å². The standard InChI is InChI=1S/C13H18F3NO/c1-4-12(9(2)3)17-10-5-7-11(8-6-10)18-13(14,15)16/h5-9,12,17H,4H2,1-3H3. The first-order valence-electron chi connectivity index (χ1n) is 5.94. The molecule has 0 saturated carbocycles. The zero-order valence-corrected chi connectivity index (χ0v) is 10.7. The molecular formula is C13H18F3NO. The Balaban J connectivity index is 2.65. The average Bonchev–Trinajstić information content (AvgIpc) is 2.25. The van der Waals surface area contributed by atoms with Crippen LogP contribution in [0.5, 0.6) is 5.75 Å². The van der Waals surface area contributed by atoms with E-state index < -0.39 is 6.36 Å². The Labute approximate surface area is 105 Å². The summed E-state index contributed by atoms with van der Waals surface area (Å²) < 4.78 is 39.7. The fraction of sp³-hybridized carbons (Fsp3) is 0.538. The zero-order chi connectivity index (χ0) is 13.8. The summed E-state index contributed by atoms with van der Waals surface area (Å²) in [5.74, 6) is 0.256. The molecule has 0 aliphatic heterocycles. The highest BCUT2D eigenvalue weighted by atomic mass is 19.4. The molecule has 1 unspecified atom stereocenters. The van der Waals surface area contributed by atoms with E-state index in [1.807, 2.05) is 0 Å². The molecule has 1 rings (SSSR count). The Morgan fingerprint density at radius 3 is 2.11 bits per heavy atom. The van der Waals surface area contributed by atoms with Crippen LogP contribution in [0.25, 0.3) is 0 Å². The van der Waals surface area contributed by atoms with Crippen LogP contribution in [0.3, 0.4) is 0 Å². The monoisotopic (exact) mass is 261 g/mol. The highest BCUT2D eigenvalue weighted by Crippen LogP contribution is 2.24. The zero-order valence-electron chi connectivity index (χ0n) is 10.7. The minimum absolute atomic E-state index is 0.203. The molecule has 1 N–H and O–H groups in total. The van der Waals surface area contributed by atoms with Gasteiger partial charge in [-0.15, -0.1) is 13.2 Å². The van der Waals surface area contributed by atoms with Crippen molar-refractivity contribution >= 4 is 5.69 Å². The quantitative estimate of drug-likeness (QED) is 0.846. The lowest BCUT2D eigenvalue weighted by Crippen LogP contribution is -2.24. The predicted molar refractivity (Wildman–Crippen MR) is 65.7 cm³/mol. The van der Waals surface area contributed by atoms with Crippen molar-refractivity contribution in [1.82, 2.24) is 0 Å². The summed E-state index contributed by atoms with van der Waals surface area (Å²) in [6, 6.07) is 6.10. The van der Waals surface area contributed by atoms with Crippen molar-refractivity contribution in [1.29, 1.82) is 0 Å². The van der Waals surface area contributed by atoms with E-state index in [4.69, 9.17) is 0 Å². The van der Waals surface area contributed by atoms with E-state index in [9.17, 15) is 13.2 Å². The molecule has 0 aromatic heterocycles.